The van der Waals surface area contributed by atoms with Crippen LogP contribution in [0.15, 0.2) is 18.2 Å². The normalized spacial score (nSPS) is 12.1. The van der Waals surface area contributed by atoms with Crippen LogP contribution in [0.25, 0.3) is 0 Å². The topological polar surface area (TPSA) is 67.9 Å². The average molecular weight is 334 g/mol. The summed E-state index contributed by atoms with van der Waals surface area (Å²) in [6.07, 6.45) is 3.56. The van der Waals surface area contributed by atoms with Gasteiger partial charge in [0.25, 0.3) is 0 Å². The van der Waals surface area contributed by atoms with Crippen molar-refractivity contribution >= 4 is 11.8 Å². The van der Waals surface area contributed by atoms with E-state index in [0.29, 0.717) is 31.8 Å². The summed E-state index contributed by atoms with van der Waals surface area (Å²) in [5.41, 5.74) is 0.956. The molecule has 1 heterocycles. The SMILES string of the molecule is CCCCCNC(=O)CCN(Cc1ccc2c(c1)OCO2)C(C)=O. The van der Waals surface area contributed by atoms with Crippen LogP contribution in [0.3, 0.4) is 0 Å². The quantitative estimate of drug-likeness (QED) is 0.705. The predicted octanol–water partition coefficient (Wildman–Crippen LogP) is 2.46. The third kappa shape index (κ3) is 5.44. The smallest absolute Gasteiger partial charge is 0.231 e. The molecule has 0 radical (unpaired) electrons. The predicted molar refractivity (Wildman–Crippen MR) is 90.8 cm³/mol. The van der Waals surface area contributed by atoms with Gasteiger partial charge in [-0.3, -0.25) is 9.59 Å². The molecular weight excluding hydrogens is 308 g/mol. The third-order valence-corrected chi connectivity index (χ3v) is 3.97. The standard InChI is InChI=1S/C18H26N2O4/c1-3-4-5-9-19-18(22)8-10-20(14(2)21)12-15-6-7-16-17(11-15)24-13-23-16/h6-7,11H,3-5,8-10,12-13H2,1-2H3,(H,19,22). The van der Waals surface area contributed by atoms with Crippen LogP contribution < -0.4 is 14.8 Å². The highest BCUT2D eigenvalue weighted by Crippen LogP contribution is 2.32. The van der Waals surface area contributed by atoms with E-state index < -0.39 is 0 Å². The van der Waals surface area contributed by atoms with Gasteiger partial charge in [-0.05, 0) is 24.1 Å². The largest absolute Gasteiger partial charge is 0.454 e. The van der Waals surface area contributed by atoms with Gasteiger partial charge in [-0.1, -0.05) is 25.8 Å². The van der Waals surface area contributed by atoms with Crippen molar-refractivity contribution < 1.29 is 19.1 Å². The van der Waals surface area contributed by atoms with Gasteiger partial charge in [-0.15, -0.1) is 0 Å². The van der Waals surface area contributed by atoms with E-state index in [1.165, 1.54) is 6.92 Å². The summed E-state index contributed by atoms with van der Waals surface area (Å²) in [6.45, 7) is 5.44. The molecule has 1 aliphatic heterocycles. The summed E-state index contributed by atoms with van der Waals surface area (Å²) in [5, 5.41) is 2.90. The fourth-order valence-electron chi connectivity index (χ4n) is 2.54. The molecule has 6 nitrogen and oxygen atoms in total. The van der Waals surface area contributed by atoms with Crippen LogP contribution in [-0.4, -0.2) is 36.6 Å². The van der Waals surface area contributed by atoms with Crippen molar-refractivity contribution in [2.24, 2.45) is 0 Å². The molecule has 1 aliphatic rings. The number of nitrogens with zero attached hydrogens (tertiary/aromatic N) is 1. The molecule has 24 heavy (non-hydrogen) atoms. The molecule has 6 heteroatoms. The van der Waals surface area contributed by atoms with Gasteiger partial charge < -0.3 is 19.7 Å². The molecule has 0 fully saturated rings. The zero-order valence-electron chi connectivity index (χ0n) is 14.5. The van der Waals surface area contributed by atoms with E-state index in [2.05, 4.69) is 12.2 Å². The maximum Gasteiger partial charge on any atom is 0.231 e. The number of fused-ring (bicyclic) bond motifs is 1. The van der Waals surface area contributed by atoms with Crippen LogP contribution in [-0.2, 0) is 16.1 Å². The fraction of sp³-hybridized carbons (Fsp3) is 0.556. The van der Waals surface area contributed by atoms with Gasteiger partial charge in [0, 0.05) is 33.0 Å². The number of benzene rings is 1. The summed E-state index contributed by atoms with van der Waals surface area (Å²) in [4.78, 5) is 25.4. The summed E-state index contributed by atoms with van der Waals surface area (Å²) >= 11 is 0. The lowest BCUT2D eigenvalue weighted by molar-refractivity contribution is -0.130. The van der Waals surface area contributed by atoms with Crippen molar-refractivity contribution in [3.05, 3.63) is 23.8 Å². The van der Waals surface area contributed by atoms with Gasteiger partial charge in [0.15, 0.2) is 11.5 Å². The molecule has 132 valence electrons. The molecule has 1 aromatic carbocycles. The Morgan fingerprint density at radius 1 is 1.21 bits per heavy atom. The van der Waals surface area contributed by atoms with Crippen LogP contribution in [0.2, 0.25) is 0 Å². The van der Waals surface area contributed by atoms with Crippen molar-refractivity contribution in [3.63, 3.8) is 0 Å². The lowest BCUT2D eigenvalue weighted by atomic mass is 10.2. The first-order chi connectivity index (χ1) is 11.6. The minimum Gasteiger partial charge on any atom is -0.454 e. The van der Waals surface area contributed by atoms with E-state index in [1.807, 2.05) is 18.2 Å². The van der Waals surface area contributed by atoms with Gasteiger partial charge in [-0.25, -0.2) is 0 Å². The monoisotopic (exact) mass is 334 g/mol. The lowest BCUT2D eigenvalue weighted by Gasteiger charge is -2.21. The molecule has 0 spiro atoms. The van der Waals surface area contributed by atoms with Crippen molar-refractivity contribution in [2.75, 3.05) is 19.9 Å². The molecule has 0 aromatic heterocycles. The fourth-order valence-corrected chi connectivity index (χ4v) is 2.54. The second-order valence-electron chi connectivity index (χ2n) is 5.94. The highest BCUT2D eigenvalue weighted by Gasteiger charge is 2.16. The minimum absolute atomic E-state index is 0.0111. The summed E-state index contributed by atoms with van der Waals surface area (Å²) < 4.78 is 10.6. The van der Waals surface area contributed by atoms with Crippen LogP contribution in [0.5, 0.6) is 11.5 Å². The van der Waals surface area contributed by atoms with Gasteiger partial charge in [0.05, 0.1) is 0 Å². The number of carbonyl (C=O) groups is 2. The molecule has 0 saturated heterocycles. The Bertz CT molecular complexity index is 574. The zero-order chi connectivity index (χ0) is 17.4. The number of nitrogens with one attached hydrogen (secondary N) is 1. The molecule has 0 unspecified atom stereocenters. The van der Waals surface area contributed by atoms with E-state index in [-0.39, 0.29) is 18.6 Å². The van der Waals surface area contributed by atoms with Crippen LogP contribution in [0.4, 0.5) is 0 Å². The Morgan fingerprint density at radius 2 is 2.00 bits per heavy atom. The number of hydrogen-bond donors (Lipinski definition) is 1. The van der Waals surface area contributed by atoms with Gasteiger partial charge in [0.2, 0.25) is 18.6 Å². The zero-order valence-corrected chi connectivity index (χ0v) is 14.5. The number of unbranched alkanes of at least 4 members (excludes halogenated alkanes) is 2. The van der Waals surface area contributed by atoms with Crippen LogP contribution in [0.1, 0.15) is 45.1 Å². The number of rotatable bonds is 9. The number of amides is 2. The lowest BCUT2D eigenvalue weighted by Crippen LogP contribution is -2.33. The summed E-state index contributed by atoms with van der Waals surface area (Å²) in [6, 6.07) is 5.63. The maximum absolute atomic E-state index is 11.9. The van der Waals surface area contributed by atoms with E-state index in [4.69, 9.17) is 9.47 Å². The maximum atomic E-state index is 11.9. The Morgan fingerprint density at radius 3 is 2.75 bits per heavy atom. The Kier molecular flexibility index (Phi) is 6.90. The Labute approximate surface area is 143 Å². The van der Waals surface area contributed by atoms with Gasteiger partial charge >= 0.3 is 0 Å². The molecule has 2 amide bonds. The van der Waals surface area contributed by atoms with E-state index >= 15 is 0 Å². The second kappa shape index (κ2) is 9.15. The van der Waals surface area contributed by atoms with Crippen molar-refractivity contribution in [1.82, 2.24) is 10.2 Å². The molecule has 0 bridgehead atoms. The molecule has 0 aliphatic carbocycles. The first kappa shape index (κ1) is 18.1. The Balaban J connectivity index is 1.81. The van der Waals surface area contributed by atoms with Crippen LogP contribution >= 0.6 is 0 Å². The van der Waals surface area contributed by atoms with Crippen molar-refractivity contribution in [2.45, 2.75) is 46.1 Å². The number of ether oxygens (including phenoxy) is 2. The highest BCUT2D eigenvalue weighted by molar-refractivity contribution is 5.78. The molecule has 1 aromatic rings. The molecule has 0 atom stereocenters. The summed E-state index contributed by atoms with van der Waals surface area (Å²) in [7, 11) is 0. The van der Waals surface area contributed by atoms with Gasteiger partial charge in [-0.2, -0.15) is 0 Å². The number of hydrogen-bond acceptors (Lipinski definition) is 4. The summed E-state index contributed by atoms with van der Waals surface area (Å²) in [5.74, 6) is 1.36. The molecule has 1 N–H and O–H groups in total. The van der Waals surface area contributed by atoms with Gasteiger partial charge in [0.1, 0.15) is 0 Å². The first-order valence-electron chi connectivity index (χ1n) is 8.51. The van der Waals surface area contributed by atoms with E-state index in [0.717, 1.165) is 30.6 Å². The second-order valence-corrected chi connectivity index (χ2v) is 5.94. The minimum atomic E-state index is -0.0496. The van der Waals surface area contributed by atoms with E-state index in [1.54, 1.807) is 4.90 Å². The van der Waals surface area contributed by atoms with Crippen LogP contribution in [0, 0.1) is 0 Å². The molecule has 2 rings (SSSR count). The van der Waals surface area contributed by atoms with Crippen molar-refractivity contribution in [1.29, 1.82) is 0 Å². The van der Waals surface area contributed by atoms with Crippen molar-refractivity contribution in [3.8, 4) is 11.5 Å². The highest BCUT2D eigenvalue weighted by atomic mass is 16.7. The third-order valence-electron chi connectivity index (χ3n) is 3.97. The molecule has 0 saturated carbocycles. The molecular formula is C18H26N2O4. The van der Waals surface area contributed by atoms with E-state index in [9.17, 15) is 9.59 Å². The number of carbonyl (C=O) groups excluding carboxylic acids is 2. The average Bonchev–Trinajstić information content (AvgIpc) is 3.02. The first-order valence-corrected chi connectivity index (χ1v) is 8.51. The Hall–Kier alpha value is -2.24.